The van der Waals surface area contributed by atoms with Crippen LogP contribution in [-0.2, 0) is 14.3 Å². The number of rotatable bonds is 2. The highest BCUT2D eigenvalue weighted by Gasteiger charge is 2.46. The minimum atomic E-state index is -0.313. The third-order valence-corrected chi connectivity index (χ3v) is 3.10. The van der Waals surface area contributed by atoms with Gasteiger partial charge in [0.15, 0.2) is 0 Å². The summed E-state index contributed by atoms with van der Waals surface area (Å²) in [5.74, 6) is -0.993. The summed E-state index contributed by atoms with van der Waals surface area (Å²) < 4.78 is 5.47. The molecule has 3 nitrogen and oxygen atoms in total. The number of allylic oxidation sites excluding steroid dienone is 1. The maximum absolute atomic E-state index is 11.5. The van der Waals surface area contributed by atoms with Crippen LogP contribution in [0.5, 0.6) is 0 Å². The van der Waals surface area contributed by atoms with E-state index in [1.807, 2.05) is 19.9 Å². The average Bonchev–Trinajstić information content (AvgIpc) is 2.16. The van der Waals surface area contributed by atoms with Gasteiger partial charge in [-0.15, -0.1) is 0 Å². The van der Waals surface area contributed by atoms with Gasteiger partial charge >= 0.3 is 0 Å². The lowest BCUT2D eigenvalue weighted by atomic mass is 9.68. The monoisotopic (exact) mass is 194 g/mol. The molecule has 0 spiro atoms. The van der Waals surface area contributed by atoms with Gasteiger partial charge in [-0.25, -0.2) is 0 Å². The van der Waals surface area contributed by atoms with Crippen LogP contribution >= 0.6 is 0 Å². The lowest BCUT2D eigenvalue weighted by Crippen LogP contribution is -2.48. The summed E-state index contributed by atoms with van der Waals surface area (Å²) in [6.45, 7) is 4.43. The van der Waals surface area contributed by atoms with Crippen molar-refractivity contribution < 1.29 is 14.3 Å². The smallest absolute Gasteiger partial charge is 0.208 e. The molecule has 0 aliphatic heterocycles. The summed E-state index contributed by atoms with van der Waals surface area (Å²) in [6, 6.07) is 0. The number of hydrogen-bond donors (Lipinski definition) is 0. The van der Waals surface area contributed by atoms with Crippen LogP contribution in [0.15, 0.2) is 11.6 Å². The van der Waals surface area contributed by atoms with Crippen LogP contribution in [0.4, 0.5) is 0 Å². The SMILES string of the molecule is CCOC1CC2C(=O)C(=O)C1C=C2C. The van der Waals surface area contributed by atoms with E-state index in [0.29, 0.717) is 13.0 Å². The van der Waals surface area contributed by atoms with E-state index in [2.05, 4.69) is 0 Å². The third kappa shape index (κ3) is 1.23. The minimum Gasteiger partial charge on any atom is -0.377 e. The van der Waals surface area contributed by atoms with E-state index >= 15 is 0 Å². The molecule has 3 aliphatic carbocycles. The first-order valence-corrected chi connectivity index (χ1v) is 5.03. The molecule has 3 rings (SSSR count). The molecule has 0 radical (unpaired) electrons. The molecule has 2 bridgehead atoms. The summed E-state index contributed by atoms with van der Waals surface area (Å²) in [5, 5.41) is 0. The maximum Gasteiger partial charge on any atom is 0.208 e. The van der Waals surface area contributed by atoms with Crippen molar-refractivity contribution in [2.45, 2.75) is 26.4 Å². The van der Waals surface area contributed by atoms with E-state index in [1.165, 1.54) is 0 Å². The first-order chi connectivity index (χ1) is 6.65. The Balaban J connectivity index is 2.28. The topological polar surface area (TPSA) is 43.4 Å². The summed E-state index contributed by atoms with van der Waals surface area (Å²) in [4.78, 5) is 23.0. The van der Waals surface area contributed by atoms with Crippen LogP contribution in [0, 0.1) is 11.8 Å². The van der Waals surface area contributed by atoms with Gasteiger partial charge in [0.25, 0.3) is 0 Å². The maximum atomic E-state index is 11.5. The molecule has 0 aromatic carbocycles. The zero-order valence-electron chi connectivity index (χ0n) is 8.45. The molecule has 0 amide bonds. The first-order valence-electron chi connectivity index (χ1n) is 5.03. The molecular weight excluding hydrogens is 180 g/mol. The first kappa shape index (κ1) is 9.59. The molecule has 0 heterocycles. The molecule has 3 unspecified atom stereocenters. The second kappa shape index (κ2) is 3.31. The van der Waals surface area contributed by atoms with Crippen LogP contribution < -0.4 is 0 Å². The Morgan fingerprint density at radius 2 is 2.14 bits per heavy atom. The Morgan fingerprint density at radius 3 is 2.79 bits per heavy atom. The van der Waals surface area contributed by atoms with E-state index in [0.717, 1.165) is 5.57 Å². The standard InChI is InChI=1S/C11H14O3/c1-3-14-9-5-7-6(2)4-8(9)11(13)10(7)12/h4,7-9H,3,5H2,1-2H3. The van der Waals surface area contributed by atoms with Crippen LogP contribution in [-0.4, -0.2) is 24.3 Å². The van der Waals surface area contributed by atoms with Crippen molar-refractivity contribution in [1.82, 2.24) is 0 Å². The van der Waals surface area contributed by atoms with Crippen molar-refractivity contribution in [1.29, 1.82) is 0 Å². The Kier molecular flexibility index (Phi) is 2.27. The molecule has 1 fully saturated rings. The van der Waals surface area contributed by atoms with E-state index in [1.54, 1.807) is 0 Å². The largest absolute Gasteiger partial charge is 0.377 e. The molecule has 3 heteroatoms. The van der Waals surface area contributed by atoms with Crippen LogP contribution in [0.1, 0.15) is 20.3 Å². The van der Waals surface area contributed by atoms with Crippen LogP contribution in [0.25, 0.3) is 0 Å². The molecule has 1 saturated carbocycles. The fraction of sp³-hybridized carbons (Fsp3) is 0.636. The zero-order valence-corrected chi connectivity index (χ0v) is 8.45. The van der Waals surface area contributed by atoms with Gasteiger partial charge in [-0.2, -0.15) is 0 Å². The molecule has 0 aromatic rings. The summed E-state index contributed by atoms with van der Waals surface area (Å²) in [5.41, 5.74) is 1.04. The number of carbonyl (C=O) groups excluding carboxylic acids is 2. The van der Waals surface area contributed by atoms with Crippen LogP contribution in [0.3, 0.4) is 0 Å². The van der Waals surface area contributed by atoms with Crippen molar-refractivity contribution in [2.75, 3.05) is 6.61 Å². The highest BCUT2D eigenvalue weighted by Crippen LogP contribution is 2.37. The van der Waals surface area contributed by atoms with E-state index < -0.39 is 0 Å². The number of fused-ring (bicyclic) bond motifs is 2. The van der Waals surface area contributed by atoms with E-state index in [-0.39, 0.29) is 29.5 Å². The zero-order chi connectivity index (χ0) is 10.3. The summed E-state index contributed by atoms with van der Waals surface area (Å²) >= 11 is 0. The van der Waals surface area contributed by atoms with Crippen molar-refractivity contribution in [2.24, 2.45) is 11.8 Å². The molecule has 0 saturated heterocycles. The molecule has 0 N–H and O–H groups in total. The summed E-state index contributed by atoms with van der Waals surface area (Å²) in [6.07, 6.45) is 2.52. The number of hydrogen-bond acceptors (Lipinski definition) is 3. The Morgan fingerprint density at radius 1 is 1.43 bits per heavy atom. The third-order valence-electron chi connectivity index (χ3n) is 3.10. The fourth-order valence-corrected chi connectivity index (χ4v) is 2.35. The number of carbonyl (C=O) groups is 2. The van der Waals surface area contributed by atoms with Gasteiger partial charge in [-0.1, -0.05) is 11.6 Å². The fourth-order valence-electron chi connectivity index (χ4n) is 2.35. The Bertz CT molecular complexity index is 316. The predicted octanol–water partition coefficient (Wildman–Crippen LogP) is 1.13. The second-order valence-electron chi connectivity index (χ2n) is 3.95. The van der Waals surface area contributed by atoms with E-state index in [4.69, 9.17) is 4.74 Å². The van der Waals surface area contributed by atoms with Gasteiger partial charge in [0.05, 0.1) is 12.0 Å². The average molecular weight is 194 g/mol. The molecule has 76 valence electrons. The van der Waals surface area contributed by atoms with E-state index in [9.17, 15) is 9.59 Å². The lowest BCUT2D eigenvalue weighted by Gasteiger charge is -2.37. The quantitative estimate of drug-likeness (QED) is 0.489. The van der Waals surface area contributed by atoms with Gasteiger partial charge in [0, 0.05) is 12.5 Å². The van der Waals surface area contributed by atoms with Crippen molar-refractivity contribution in [3.05, 3.63) is 11.6 Å². The normalized spacial score (nSPS) is 36.1. The molecule has 3 aliphatic rings. The Hall–Kier alpha value is -0.960. The van der Waals surface area contributed by atoms with Crippen molar-refractivity contribution in [3.63, 3.8) is 0 Å². The van der Waals surface area contributed by atoms with Crippen molar-refractivity contribution >= 4 is 11.6 Å². The van der Waals surface area contributed by atoms with Crippen molar-refractivity contribution in [3.8, 4) is 0 Å². The molecular formula is C11H14O3. The molecule has 14 heavy (non-hydrogen) atoms. The number of ether oxygens (including phenoxy) is 1. The van der Waals surface area contributed by atoms with Gasteiger partial charge in [-0.3, -0.25) is 9.59 Å². The molecule has 3 atom stereocenters. The van der Waals surface area contributed by atoms with Gasteiger partial charge < -0.3 is 4.74 Å². The highest BCUT2D eigenvalue weighted by atomic mass is 16.5. The predicted molar refractivity (Wildman–Crippen MR) is 50.8 cm³/mol. The van der Waals surface area contributed by atoms with Crippen LogP contribution in [0.2, 0.25) is 0 Å². The highest BCUT2D eigenvalue weighted by molar-refractivity contribution is 6.41. The van der Waals surface area contributed by atoms with Gasteiger partial charge in [0.1, 0.15) is 0 Å². The molecule has 0 aromatic heterocycles. The summed E-state index contributed by atoms with van der Waals surface area (Å²) in [7, 11) is 0. The lowest BCUT2D eigenvalue weighted by molar-refractivity contribution is -0.148. The number of ketones is 2. The second-order valence-corrected chi connectivity index (χ2v) is 3.95. The van der Waals surface area contributed by atoms with Gasteiger partial charge in [-0.05, 0) is 20.3 Å². The Labute approximate surface area is 83.1 Å². The minimum absolute atomic E-state index is 0.0705. The number of Topliss-reactive ketones (excluding diaryl/α,β-unsaturated/α-hetero) is 2. The van der Waals surface area contributed by atoms with Gasteiger partial charge in [0.2, 0.25) is 11.6 Å².